The maximum absolute atomic E-state index is 12.6. The van der Waals surface area contributed by atoms with Gasteiger partial charge < -0.3 is 19.9 Å². The molecule has 5 nitrogen and oxygen atoms in total. The first-order valence-electron chi connectivity index (χ1n) is 9.92. The molecule has 0 atom stereocenters. The number of carbonyl (C=O) groups is 1. The van der Waals surface area contributed by atoms with Gasteiger partial charge in [0, 0.05) is 11.3 Å². The second kappa shape index (κ2) is 9.30. The second-order valence-corrected chi connectivity index (χ2v) is 7.81. The minimum absolute atomic E-state index is 0.0606. The molecule has 2 N–H and O–H groups in total. The van der Waals surface area contributed by atoms with Gasteiger partial charge in [0.2, 0.25) is 0 Å². The van der Waals surface area contributed by atoms with Gasteiger partial charge in [-0.1, -0.05) is 17.7 Å². The molecule has 150 valence electrons. The number of hydrogen-bond donors (Lipinski definition) is 2. The van der Waals surface area contributed by atoms with E-state index in [2.05, 4.69) is 17.1 Å². The average molecular weight is 403 g/mol. The van der Waals surface area contributed by atoms with Crippen molar-refractivity contribution in [2.45, 2.75) is 26.9 Å². The van der Waals surface area contributed by atoms with Crippen LogP contribution in [0.1, 0.15) is 31.1 Å². The van der Waals surface area contributed by atoms with Gasteiger partial charge >= 0.3 is 0 Å². The Morgan fingerprint density at radius 1 is 1.21 bits per heavy atom. The van der Waals surface area contributed by atoms with E-state index in [1.54, 1.807) is 17.0 Å². The van der Waals surface area contributed by atoms with E-state index in [1.807, 2.05) is 44.2 Å². The number of anilines is 2. The van der Waals surface area contributed by atoms with Crippen LogP contribution in [0.25, 0.3) is 0 Å². The van der Waals surface area contributed by atoms with E-state index in [0.717, 1.165) is 38.4 Å². The van der Waals surface area contributed by atoms with Gasteiger partial charge in [-0.05, 0) is 57.2 Å². The summed E-state index contributed by atoms with van der Waals surface area (Å²) in [5.74, 6) is 0.502. The number of nitrogens with one attached hydrogen (secondary N) is 2. The summed E-state index contributed by atoms with van der Waals surface area (Å²) in [5.41, 5.74) is 2.27. The number of nitrogens with zero attached hydrogens (tertiary/aromatic N) is 1. The van der Waals surface area contributed by atoms with Crippen LogP contribution >= 0.6 is 11.6 Å². The van der Waals surface area contributed by atoms with Crippen molar-refractivity contribution in [3.63, 3.8) is 0 Å². The van der Waals surface area contributed by atoms with Crippen molar-refractivity contribution in [2.75, 3.05) is 42.9 Å². The maximum Gasteiger partial charge on any atom is 0.255 e. The molecule has 0 saturated carbocycles. The van der Waals surface area contributed by atoms with Gasteiger partial charge in [0.15, 0.2) is 0 Å². The maximum atomic E-state index is 12.6. The molecule has 2 aromatic carbocycles. The molecule has 0 spiro atoms. The molecule has 0 aromatic heterocycles. The van der Waals surface area contributed by atoms with Crippen LogP contribution in [0.4, 0.5) is 11.4 Å². The fraction of sp³-hybridized carbons (Fsp3) is 0.409. The normalized spacial score (nSPS) is 15.0. The molecule has 0 bridgehead atoms. The zero-order valence-electron chi connectivity index (χ0n) is 16.8. The standard InChI is InChI=1S/C22H28ClN3O2/c1-4-25-10-12-26(13-11-25)21-9-8-18(15-20(21)23)24-22(27)17-6-5-7-19(14-17)28-16(2)3/h5-9,14-16H,4,10-13H2,1-3H3,(H,24,27)/p+1. The first kappa shape index (κ1) is 20.5. The third kappa shape index (κ3) is 5.18. The molecular weight excluding hydrogens is 374 g/mol. The van der Waals surface area contributed by atoms with Crippen molar-refractivity contribution < 1.29 is 14.4 Å². The zero-order valence-corrected chi connectivity index (χ0v) is 17.6. The minimum atomic E-state index is -0.182. The first-order chi connectivity index (χ1) is 13.5. The van der Waals surface area contributed by atoms with Gasteiger partial charge in [0.25, 0.3) is 5.91 Å². The summed E-state index contributed by atoms with van der Waals surface area (Å²) in [6.07, 6.45) is 0.0606. The number of benzene rings is 2. The van der Waals surface area contributed by atoms with Crippen LogP contribution in [0.2, 0.25) is 5.02 Å². The highest BCUT2D eigenvalue weighted by Crippen LogP contribution is 2.29. The van der Waals surface area contributed by atoms with E-state index in [-0.39, 0.29) is 12.0 Å². The molecular formula is C22H29ClN3O2+. The van der Waals surface area contributed by atoms with Crippen LogP contribution in [0.3, 0.4) is 0 Å². The van der Waals surface area contributed by atoms with Crippen molar-refractivity contribution in [3.8, 4) is 5.75 Å². The van der Waals surface area contributed by atoms with Crippen LogP contribution < -0.4 is 19.9 Å². The van der Waals surface area contributed by atoms with Crippen LogP contribution in [0.5, 0.6) is 5.75 Å². The summed E-state index contributed by atoms with van der Waals surface area (Å²) in [7, 11) is 0. The van der Waals surface area contributed by atoms with Crippen molar-refractivity contribution in [1.29, 1.82) is 0 Å². The monoisotopic (exact) mass is 402 g/mol. The SMILES string of the molecule is CC[NH+]1CCN(c2ccc(NC(=O)c3cccc(OC(C)C)c3)cc2Cl)CC1. The molecule has 1 aliphatic heterocycles. The van der Waals surface area contributed by atoms with Crippen LogP contribution in [-0.4, -0.2) is 44.7 Å². The lowest BCUT2D eigenvalue weighted by Crippen LogP contribution is -3.14. The number of rotatable bonds is 6. The Kier molecular flexibility index (Phi) is 6.81. The largest absolute Gasteiger partial charge is 0.491 e. The van der Waals surface area contributed by atoms with Crippen molar-refractivity contribution in [3.05, 3.63) is 53.1 Å². The summed E-state index contributed by atoms with van der Waals surface area (Å²) >= 11 is 6.53. The first-order valence-corrected chi connectivity index (χ1v) is 10.3. The predicted molar refractivity (Wildman–Crippen MR) is 115 cm³/mol. The summed E-state index contributed by atoms with van der Waals surface area (Å²) in [4.78, 5) is 16.5. The molecule has 3 rings (SSSR count). The summed E-state index contributed by atoms with van der Waals surface area (Å²) in [5, 5.41) is 3.59. The van der Waals surface area contributed by atoms with Gasteiger partial charge in [-0.3, -0.25) is 4.79 Å². The molecule has 6 heteroatoms. The number of piperazine rings is 1. The van der Waals surface area contributed by atoms with E-state index >= 15 is 0 Å². The molecule has 1 aliphatic rings. The molecule has 1 fully saturated rings. The molecule has 0 radical (unpaired) electrons. The third-order valence-corrected chi connectivity index (χ3v) is 5.29. The Balaban J connectivity index is 1.67. The lowest BCUT2D eigenvalue weighted by Gasteiger charge is -2.33. The second-order valence-electron chi connectivity index (χ2n) is 7.41. The molecule has 1 amide bonds. The summed E-state index contributed by atoms with van der Waals surface area (Å²) < 4.78 is 5.66. The van der Waals surface area contributed by atoms with Crippen molar-refractivity contribution >= 4 is 28.9 Å². The lowest BCUT2D eigenvalue weighted by molar-refractivity contribution is -0.898. The van der Waals surface area contributed by atoms with E-state index in [4.69, 9.17) is 16.3 Å². The number of halogens is 1. The Labute approximate surface area is 172 Å². The number of quaternary nitrogens is 1. The average Bonchev–Trinajstić information content (AvgIpc) is 2.68. The van der Waals surface area contributed by atoms with E-state index in [9.17, 15) is 4.79 Å². The van der Waals surface area contributed by atoms with E-state index < -0.39 is 0 Å². The molecule has 2 aromatic rings. The fourth-order valence-corrected chi connectivity index (χ4v) is 3.74. The van der Waals surface area contributed by atoms with E-state index in [0.29, 0.717) is 22.0 Å². The quantitative estimate of drug-likeness (QED) is 0.780. The third-order valence-electron chi connectivity index (χ3n) is 4.98. The van der Waals surface area contributed by atoms with Gasteiger partial charge in [0.1, 0.15) is 5.75 Å². The lowest BCUT2D eigenvalue weighted by atomic mass is 10.2. The number of hydrogen-bond acceptors (Lipinski definition) is 3. The molecule has 28 heavy (non-hydrogen) atoms. The number of carbonyl (C=O) groups excluding carboxylic acids is 1. The zero-order chi connectivity index (χ0) is 20.1. The van der Waals surface area contributed by atoms with Gasteiger partial charge in [-0.15, -0.1) is 0 Å². The van der Waals surface area contributed by atoms with Gasteiger partial charge in [-0.2, -0.15) is 0 Å². The highest BCUT2D eigenvalue weighted by molar-refractivity contribution is 6.33. The topological polar surface area (TPSA) is 46.0 Å². The minimum Gasteiger partial charge on any atom is -0.491 e. The highest BCUT2D eigenvalue weighted by atomic mass is 35.5. The fourth-order valence-electron chi connectivity index (χ4n) is 3.44. The Bertz CT molecular complexity index is 817. The van der Waals surface area contributed by atoms with Crippen molar-refractivity contribution in [2.24, 2.45) is 0 Å². The molecule has 0 unspecified atom stereocenters. The molecule has 1 heterocycles. The summed E-state index contributed by atoms with van der Waals surface area (Å²) in [6.45, 7) is 11.5. The Hall–Kier alpha value is -2.24. The number of likely N-dealkylation sites (N-methyl/N-ethyl adjacent to an activating group) is 1. The highest BCUT2D eigenvalue weighted by Gasteiger charge is 2.20. The van der Waals surface area contributed by atoms with Gasteiger partial charge in [-0.25, -0.2) is 0 Å². The Morgan fingerprint density at radius 3 is 2.61 bits per heavy atom. The number of amides is 1. The van der Waals surface area contributed by atoms with Crippen molar-refractivity contribution in [1.82, 2.24) is 0 Å². The molecule has 1 saturated heterocycles. The summed E-state index contributed by atoms with van der Waals surface area (Å²) in [6, 6.07) is 12.9. The smallest absolute Gasteiger partial charge is 0.255 e. The van der Waals surface area contributed by atoms with Gasteiger partial charge in [0.05, 0.1) is 49.5 Å². The van der Waals surface area contributed by atoms with Crippen LogP contribution in [0, 0.1) is 0 Å². The van der Waals surface area contributed by atoms with Crippen LogP contribution in [-0.2, 0) is 0 Å². The van der Waals surface area contributed by atoms with E-state index in [1.165, 1.54) is 0 Å². The Morgan fingerprint density at radius 2 is 1.96 bits per heavy atom. The molecule has 0 aliphatic carbocycles. The number of ether oxygens (including phenoxy) is 1. The van der Waals surface area contributed by atoms with Crippen LogP contribution in [0.15, 0.2) is 42.5 Å². The predicted octanol–water partition coefficient (Wildman–Crippen LogP) is 3.10.